The average molecular weight is 667 g/mol. The number of unbranched alkanes of at least 4 members (excludes halogenated alkanes) is 2. The van der Waals surface area contributed by atoms with Gasteiger partial charge in [-0.2, -0.15) is 0 Å². The Hall–Kier alpha value is -2.65. The fourth-order valence-corrected chi connectivity index (χ4v) is 5.16. The molecule has 45 heavy (non-hydrogen) atoms. The Morgan fingerprint density at radius 3 is 1.29 bits per heavy atom. The lowest BCUT2D eigenvalue weighted by molar-refractivity contribution is 0.244. The van der Waals surface area contributed by atoms with Gasteiger partial charge in [0.1, 0.15) is 17.2 Å². The van der Waals surface area contributed by atoms with Crippen molar-refractivity contribution in [2.45, 2.75) is 100 Å². The molecule has 3 aromatic rings. The first kappa shape index (κ1) is 42.3. The third kappa shape index (κ3) is 12.9. The summed E-state index contributed by atoms with van der Waals surface area (Å²) in [7, 11) is 5.10. The second-order valence-electron chi connectivity index (χ2n) is 11.0. The van der Waals surface area contributed by atoms with E-state index in [1.54, 1.807) is 27.5 Å². The molecule has 0 atom stereocenters. The zero-order valence-corrected chi connectivity index (χ0v) is 31.0. The van der Waals surface area contributed by atoms with Gasteiger partial charge >= 0.3 is 0 Å². The SMILES string of the molecule is CCCCN.CCCCN(Cc1ncc(C)c(OC)c1C)Cc1ncc(C)c(OC)c1C.COc1c(C)cnc(CCl)c1C.Cl. The van der Waals surface area contributed by atoms with Crippen LogP contribution in [0.5, 0.6) is 17.2 Å². The fraction of sp³-hybridized carbons (Fsp3) is 0.571. The first-order valence-electron chi connectivity index (χ1n) is 15.5. The molecule has 0 saturated carbocycles. The van der Waals surface area contributed by atoms with Crippen molar-refractivity contribution < 1.29 is 14.2 Å². The molecule has 0 unspecified atom stereocenters. The topological polar surface area (TPSA) is 95.6 Å². The van der Waals surface area contributed by atoms with E-state index in [4.69, 9.17) is 31.5 Å². The summed E-state index contributed by atoms with van der Waals surface area (Å²) >= 11 is 5.70. The van der Waals surface area contributed by atoms with Gasteiger partial charge in [0.2, 0.25) is 0 Å². The monoisotopic (exact) mass is 665 g/mol. The number of methoxy groups -OCH3 is 3. The Labute approximate surface area is 283 Å². The third-order valence-corrected chi connectivity index (χ3v) is 7.76. The van der Waals surface area contributed by atoms with Crippen LogP contribution in [0.2, 0.25) is 0 Å². The molecule has 0 aliphatic heterocycles. The Bertz CT molecular complexity index is 1230. The van der Waals surface area contributed by atoms with Crippen LogP contribution in [0, 0.1) is 41.5 Å². The first-order chi connectivity index (χ1) is 21.0. The zero-order chi connectivity index (χ0) is 33.2. The molecule has 0 amide bonds. The predicted molar refractivity (Wildman–Crippen MR) is 191 cm³/mol. The van der Waals surface area contributed by atoms with E-state index in [0.29, 0.717) is 5.88 Å². The summed E-state index contributed by atoms with van der Waals surface area (Å²) in [5.74, 6) is 3.19. The molecule has 0 aromatic carbocycles. The van der Waals surface area contributed by atoms with E-state index in [1.165, 1.54) is 12.8 Å². The number of pyridine rings is 3. The van der Waals surface area contributed by atoms with Crippen molar-refractivity contribution >= 4 is 24.0 Å². The van der Waals surface area contributed by atoms with Crippen molar-refractivity contribution in [2.75, 3.05) is 34.4 Å². The maximum atomic E-state index is 5.70. The summed E-state index contributed by atoms with van der Waals surface area (Å²) in [4.78, 5) is 16.0. The van der Waals surface area contributed by atoms with Gasteiger partial charge in [-0.3, -0.25) is 19.9 Å². The molecular formula is C35H57Cl2N5O3. The number of nitrogens with two attached hydrogens (primary N) is 1. The summed E-state index contributed by atoms with van der Waals surface area (Å²) < 4.78 is 16.4. The Kier molecular flexibility index (Phi) is 21.4. The Morgan fingerprint density at radius 2 is 1.00 bits per heavy atom. The standard InChI is InChI=1S/C22H33N3O2.C9H12ClNO.C4H11N.ClH/c1-8-9-10-25(13-19-17(4)21(26-6)15(2)11-23-19)14-20-18(5)22(27-7)16(3)12-24-20;1-6-5-11-8(4-10)7(2)9(6)12-3;1-2-3-4-5;/h11-12H,8-10,13-14H2,1-7H3;5H,4H2,1-3H3;2-5H2,1H3;1H. The molecule has 0 spiro atoms. The molecule has 0 fully saturated rings. The summed E-state index contributed by atoms with van der Waals surface area (Å²) in [6.07, 6.45) is 10.3. The van der Waals surface area contributed by atoms with E-state index in [2.05, 4.69) is 47.5 Å². The summed E-state index contributed by atoms with van der Waals surface area (Å²) in [6.45, 7) is 19.9. The Morgan fingerprint density at radius 1 is 0.644 bits per heavy atom. The van der Waals surface area contributed by atoms with Crippen LogP contribution in [0.1, 0.15) is 90.0 Å². The maximum Gasteiger partial charge on any atom is 0.128 e. The molecule has 0 aliphatic rings. The quantitative estimate of drug-likeness (QED) is 0.183. The smallest absolute Gasteiger partial charge is 0.128 e. The molecule has 254 valence electrons. The summed E-state index contributed by atoms with van der Waals surface area (Å²) in [6, 6.07) is 0. The first-order valence-corrected chi connectivity index (χ1v) is 16.0. The molecule has 2 N–H and O–H groups in total. The van der Waals surface area contributed by atoms with Crippen molar-refractivity contribution in [1.29, 1.82) is 0 Å². The van der Waals surface area contributed by atoms with Crippen LogP contribution in [0.15, 0.2) is 18.6 Å². The van der Waals surface area contributed by atoms with Gasteiger partial charge in [0.05, 0.1) is 44.3 Å². The molecule has 0 saturated heterocycles. The molecule has 0 aliphatic carbocycles. The van der Waals surface area contributed by atoms with Crippen molar-refractivity contribution in [3.05, 3.63) is 69.1 Å². The van der Waals surface area contributed by atoms with Crippen molar-refractivity contribution in [3.63, 3.8) is 0 Å². The van der Waals surface area contributed by atoms with E-state index >= 15 is 0 Å². The molecule has 8 nitrogen and oxygen atoms in total. The lowest BCUT2D eigenvalue weighted by atomic mass is 10.1. The van der Waals surface area contributed by atoms with Crippen LogP contribution >= 0.6 is 24.0 Å². The average Bonchev–Trinajstić information content (AvgIpc) is 3.00. The number of aromatic nitrogens is 3. The second-order valence-corrected chi connectivity index (χ2v) is 11.2. The third-order valence-electron chi connectivity index (χ3n) is 7.51. The predicted octanol–water partition coefficient (Wildman–Crippen LogP) is 8.14. The number of aryl methyl sites for hydroxylation is 3. The van der Waals surface area contributed by atoms with E-state index in [1.807, 2.05) is 40.1 Å². The van der Waals surface area contributed by atoms with E-state index in [9.17, 15) is 0 Å². The van der Waals surface area contributed by atoms with Crippen LogP contribution in [0.3, 0.4) is 0 Å². The van der Waals surface area contributed by atoms with Gasteiger partial charge in [-0.1, -0.05) is 26.7 Å². The molecule has 10 heteroatoms. The number of ether oxygens (including phenoxy) is 3. The van der Waals surface area contributed by atoms with E-state index in [-0.39, 0.29) is 12.4 Å². The van der Waals surface area contributed by atoms with Crippen LogP contribution in [0.4, 0.5) is 0 Å². The van der Waals surface area contributed by atoms with Crippen LogP contribution in [0.25, 0.3) is 0 Å². The summed E-state index contributed by atoms with van der Waals surface area (Å²) in [5, 5.41) is 0. The zero-order valence-electron chi connectivity index (χ0n) is 29.5. The highest BCUT2D eigenvalue weighted by Crippen LogP contribution is 2.28. The molecule has 3 aromatic heterocycles. The van der Waals surface area contributed by atoms with Gasteiger partial charge in [0.25, 0.3) is 0 Å². The van der Waals surface area contributed by atoms with Gasteiger partial charge in [-0.15, -0.1) is 24.0 Å². The highest BCUT2D eigenvalue weighted by molar-refractivity contribution is 6.17. The minimum absolute atomic E-state index is 0. The number of alkyl halides is 1. The lowest BCUT2D eigenvalue weighted by Gasteiger charge is -2.24. The van der Waals surface area contributed by atoms with Crippen molar-refractivity contribution in [3.8, 4) is 17.2 Å². The number of rotatable bonds is 13. The number of halogens is 2. The molecule has 3 rings (SSSR count). The Balaban J connectivity index is 0.000000888. The van der Waals surface area contributed by atoms with Gasteiger partial charge in [-0.25, -0.2) is 0 Å². The van der Waals surface area contributed by atoms with Crippen molar-refractivity contribution in [2.24, 2.45) is 5.73 Å². The van der Waals surface area contributed by atoms with Gasteiger partial charge in [0, 0.05) is 65.1 Å². The van der Waals surface area contributed by atoms with Crippen LogP contribution in [-0.2, 0) is 19.0 Å². The normalized spacial score (nSPS) is 10.3. The molecule has 0 bridgehead atoms. The number of hydrogen-bond acceptors (Lipinski definition) is 8. The lowest BCUT2D eigenvalue weighted by Crippen LogP contribution is -2.26. The molecular weight excluding hydrogens is 609 g/mol. The van der Waals surface area contributed by atoms with Crippen LogP contribution < -0.4 is 19.9 Å². The van der Waals surface area contributed by atoms with Gasteiger partial charge < -0.3 is 19.9 Å². The number of hydrogen-bond donors (Lipinski definition) is 1. The highest BCUT2D eigenvalue weighted by Gasteiger charge is 2.17. The largest absolute Gasteiger partial charge is 0.496 e. The van der Waals surface area contributed by atoms with E-state index < -0.39 is 0 Å². The van der Waals surface area contributed by atoms with Crippen molar-refractivity contribution in [1.82, 2.24) is 19.9 Å². The minimum Gasteiger partial charge on any atom is -0.496 e. The second kappa shape index (κ2) is 22.8. The van der Waals surface area contributed by atoms with Crippen LogP contribution in [-0.4, -0.2) is 54.3 Å². The molecule has 0 radical (unpaired) electrons. The van der Waals surface area contributed by atoms with E-state index in [0.717, 1.165) is 107 Å². The van der Waals surface area contributed by atoms with Gasteiger partial charge in [0.15, 0.2) is 0 Å². The highest BCUT2D eigenvalue weighted by atomic mass is 35.5. The maximum absolute atomic E-state index is 5.70. The summed E-state index contributed by atoms with van der Waals surface area (Å²) in [5.41, 5.74) is 14.6. The minimum atomic E-state index is 0. The number of nitrogens with zero attached hydrogens (tertiary/aromatic N) is 4. The fourth-order valence-electron chi connectivity index (χ4n) is 4.89. The molecule has 3 heterocycles. The van der Waals surface area contributed by atoms with Gasteiger partial charge in [-0.05, 0) is 67.5 Å².